The van der Waals surface area contributed by atoms with Crippen LogP contribution in [0.2, 0.25) is 5.02 Å². The quantitative estimate of drug-likeness (QED) is 0.713. The van der Waals surface area contributed by atoms with Crippen LogP contribution in [0.1, 0.15) is 27.8 Å². The van der Waals surface area contributed by atoms with E-state index in [2.05, 4.69) is 4.90 Å². The lowest BCUT2D eigenvalue weighted by Crippen LogP contribution is -2.49. The number of aryl methyl sites for hydroxylation is 1. The maximum absolute atomic E-state index is 12.7. The molecule has 6 nitrogen and oxygen atoms in total. The Kier molecular flexibility index (Phi) is 6.19. The van der Waals surface area contributed by atoms with Crippen molar-refractivity contribution in [2.75, 3.05) is 39.3 Å². The average Bonchev–Trinajstić information content (AvgIpc) is 3.05. The van der Waals surface area contributed by atoms with Crippen molar-refractivity contribution in [1.29, 1.82) is 0 Å². The maximum atomic E-state index is 12.7. The van der Waals surface area contributed by atoms with Gasteiger partial charge in [0.05, 0.1) is 0 Å². The number of hydrogen-bond donors (Lipinski definition) is 0. The molecule has 7 heteroatoms. The van der Waals surface area contributed by atoms with E-state index in [0.29, 0.717) is 36.0 Å². The molecule has 1 amide bonds. The zero-order valence-corrected chi connectivity index (χ0v) is 16.4. The van der Waals surface area contributed by atoms with Gasteiger partial charge in [0.15, 0.2) is 5.78 Å². The van der Waals surface area contributed by atoms with E-state index in [-0.39, 0.29) is 11.7 Å². The molecule has 0 spiro atoms. The van der Waals surface area contributed by atoms with Crippen LogP contribution in [-0.2, 0) is 7.05 Å². The summed E-state index contributed by atoms with van der Waals surface area (Å²) in [5.74, 6) is 0.746. The predicted octanol–water partition coefficient (Wildman–Crippen LogP) is 2.72. The van der Waals surface area contributed by atoms with E-state index >= 15 is 0 Å². The maximum Gasteiger partial charge on any atom is 0.270 e. The molecule has 144 valence electrons. The van der Waals surface area contributed by atoms with Gasteiger partial charge in [0.25, 0.3) is 5.91 Å². The molecular weight excluding hydrogens is 366 g/mol. The van der Waals surface area contributed by atoms with E-state index in [0.717, 1.165) is 25.4 Å². The second-order valence-corrected chi connectivity index (χ2v) is 7.15. The Bertz CT molecular complexity index is 808. The summed E-state index contributed by atoms with van der Waals surface area (Å²) in [5.41, 5.74) is 1.12. The van der Waals surface area contributed by atoms with Crippen LogP contribution in [0.4, 0.5) is 0 Å². The van der Waals surface area contributed by atoms with Gasteiger partial charge in [-0.25, -0.2) is 0 Å². The molecule has 0 N–H and O–H groups in total. The fourth-order valence-corrected chi connectivity index (χ4v) is 3.26. The highest BCUT2D eigenvalue weighted by atomic mass is 35.5. The molecule has 1 aromatic heterocycles. The number of piperazine rings is 1. The number of carbonyl (C=O) groups is 2. The zero-order valence-electron chi connectivity index (χ0n) is 15.7. The molecule has 0 radical (unpaired) electrons. The molecule has 1 aliphatic heterocycles. The normalized spacial score (nSPS) is 15.0. The number of carbonyl (C=O) groups excluding carboxylic acids is 2. The lowest BCUT2D eigenvalue weighted by molar-refractivity contribution is 0.0611. The fraction of sp³-hybridized carbons (Fsp3) is 0.400. The summed E-state index contributed by atoms with van der Waals surface area (Å²) >= 11 is 5.86. The van der Waals surface area contributed by atoms with Crippen LogP contribution >= 0.6 is 11.6 Å². The van der Waals surface area contributed by atoms with Crippen molar-refractivity contribution in [3.05, 3.63) is 52.8 Å². The van der Waals surface area contributed by atoms with Gasteiger partial charge in [0.2, 0.25) is 0 Å². The molecule has 0 atom stereocenters. The summed E-state index contributed by atoms with van der Waals surface area (Å²) in [4.78, 5) is 28.4. The number of aromatic nitrogens is 1. The highest BCUT2D eigenvalue weighted by Gasteiger charge is 2.24. The van der Waals surface area contributed by atoms with Gasteiger partial charge in [-0.1, -0.05) is 11.6 Å². The lowest BCUT2D eigenvalue weighted by atomic mass is 10.2. The Labute approximate surface area is 164 Å². The molecule has 0 unspecified atom stereocenters. The van der Waals surface area contributed by atoms with Gasteiger partial charge in [-0.15, -0.1) is 0 Å². The summed E-state index contributed by atoms with van der Waals surface area (Å²) in [6, 6.07) is 9.00. The molecule has 0 bridgehead atoms. The van der Waals surface area contributed by atoms with E-state index in [1.165, 1.54) is 6.92 Å². The van der Waals surface area contributed by atoms with Gasteiger partial charge in [-0.3, -0.25) is 14.5 Å². The predicted molar refractivity (Wildman–Crippen MR) is 105 cm³/mol. The molecule has 27 heavy (non-hydrogen) atoms. The van der Waals surface area contributed by atoms with Crippen LogP contribution in [0.25, 0.3) is 0 Å². The first-order chi connectivity index (χ1) is 12.9. The van der Waals surface area contributed by atoms with Crippen LogP contribution < -0.4 is 4.74 Å². The number of hydrogen-bond acceptors (Lipinski definition) is 4. The van der Waals surface area contributed by atoms with Crippen LogP contribution in [0.3, 0.4) is 0 Å². The van der Waals surface area contributed by atoms with Crippen LogP contribution in [0.5, 0.6) is 5.75 Å². The Balaban J connectivity index is 1.46. The highest BCUT2D eigenvalue weighted by molar-refractivity contribution is 6.30. The zero-order chi connectivity index (χ0) is 19.4. The number of Topliss-reactive ketones (excluding diaryl/α,β-unsaturated/α-hetero) is 1. The molecular formula is C20H24ClN3O3. The number of ketones is 1. The third-order valence-electron chi connectivity index (χ3n) is 4.78. The van der Waals surface area contributed by atoms with Crippen molar-refractivity contribution in [2.45, 2.75) is 6.92 Å². The average molecular weight is 390 g/mol. The van der Waals surface area contributed by atoms with Crippen molar-refractivity contribution in [3.63, 3.8) is 0 Å². The van der Waals surface area contributed by atoms with Gasteiger partial charge in [-0.05, 0) is 37.3 Å². The van der Waals surface area contributed by atoms with E-state index in [4.69, 9.17) is 16.3 Å². The fourth-order valence-electron chi connectivity index (χ4n) is 3.13. The lowest BCUT2D eigenvalue weighted by Gasteiger charge is -2.34. The molecule has 1 aliphatic rings. The van der Waals surface area contributed by atoms with Gasteiger partial charge in [0, 0.05) is 56.6 Å². The summed E-state index contributed by atoms with van der Waals surface area (Å²) in [7, 11) is 1.80. The molecule has 0 saturated carbocycles. The number of halogens is 1. The number of amides is 1. The second kappa shape index (κ2) is 8.59. The highest BCUT2D eigenvalue weighted by Crippen LogP contribution is 2.16. The van der Waals surface area contributed by atoms with Gasteiger partial charge >= 0.3 is 0 Å². The molecule has 1 fully saturated rings. The van der Waals surface area contributed by atoms with Crippen LogP contribution in [0.15, 0.2) is 36.5 Å². The number of rotatable bonds is 6. The Morgan fingerprint density at radius 2 is 1.78 bits per heavy atom. The third-order valence-corrected chi connectivity index (χ3v) is 5.03. The first-order valence-corrected chi connectivity index (χ1v) is 9.39. The molecule has 1 aromatic carbocycles. The van der Waals surface area contributed by atoms with Gasteiger partial charge in [-0.2, -0.15) is 0 Å². The Morgan fingerprint density at radius 3 is 2.37 bits per heavy atom. The van der Waals surface area contributed by atoms with E-state index in [9.17, 15) is 9.59 Å². The van der Waals surface area contributed by atoms with Crippen molar-refractivity contribution >= 4 is 23.3 Å². The summed E-state index contributed by atoms with van der Waals surface area (Å²) in [6.07, 6.45) is 1.71. The van der Waals surface area contributed by atoms with E-state index < -0.39 is 0 Å². The first kappa shape index (κ1) is 19.5. The minimum atomic E-state index is -0.0323. The number of nitrogens with zero attached hydrogens (tertiary/aromatic N) is 3. The molecule has 1 saturated heterocycles. The minimum absolute atomic E-state index is 0.0259. The SMILES string of the molecule is CC(=O)c1cc(C(=O)N2CCN(CCOc3ccc(Cl)cc3)CC2)n(C)c1. The Morgan fingerprint density at radius 1 is 1.11 bits per heavy atom. The Hall–Kier alpha value is -2.31. The molecule has 3 rings (SSSR count). The molecule has 2 heterocycles. The van der Waals surface area contributed by atoms with Crippen LogP contribution in [-0.4, -0.2) is 65.4 Å². The van der Waals surface area contributed by atoms with Crippen LogP contribution in [0, 0.1) is 0 Å². The topological polar surface area (TPSA) is 54.8 Å². The van der Waals surface area contributed by atoms with Crippen molar-refractivity contribution in [2.24, 2.45) is 7.05 Å². The van der Waals surface area contributed by atoms with Gasteiger partial charge < -0.3 is 14.2 Å². The second-order valence-electron chi connectivity index (χ2n) is 6.72. The summed E-state index contributed by atoms with van der Waals surface area (Å²) in [5, 5.41) is 0.691. The number of ether oxygens (including phenoxy) is 1. The largest absolute Gasteiger partial charge is 0.492 e. The first-order valence-electron chi connectivity index (χ1n) is 9.01. The van der Waals surface area contributed by atoms with Crippen molar-refractivity contribution < 1.29 is 14.3 Å². The van der Waals surface area contributed by atoms with Crippen molar-refractivity contribution in [1.82, 2.24) is 14.4 Å². The monoisotopic (exact) mass is 389 g/mol. The van der Waals surface area contributed by atoms with Crippen molar-refractivity contribution in [3.8, 4) is 5.75 Å². The minimum Gasteiger partial charge on any atom is -0.492 e. The number of benzene rings is 1. The summed E-state index contributed by atoms with van der Waals surface area (Å²) in [6.45, 7) is 5.85. The molecule has 0 aliphatic carbocycles. The molecule has 2 aromatic rings. The van der Waals surface area contributed by atoms with E-state index in [1.807, 2.05) is 29.2 Å². The smallest absolute Gasteiger partial charge is 0.270 e. The van der Waals surface area contributed by atoms with E-state index in [1.54, 1.807) is 23.9 Å². The van der Waals surface area contributed by atoms with Gasteiger partial charge in [0.1, 0.15) is 18.1 Å². The third kappa shape index (κ3) is 4.90. The standard InChI is InChI=1S/C20H24ClN3O3/c1-15(25)16-13-19(22(2)14-16)20(26)24-9-7-23(8-10-24)11-12-27-18-5-3-17(21)4-6-18/h3-6,13-14H,7-12H2,1-2H3. The summed E-state index contributed by atoms with van der Waals surface area (Å²) < 4.78 is 7.46.